The highest BCUT2D eigenvalue weighted by Gasteiger charge is 2.34. The van der Waals surface area contributed by atoms with Crippen LogP contribution in [0.15, 0.2) is 30.3 Å². The molecule has 2 amide bonds. The molecule has 0 bridgehead atoms. The molecule has 2 saturated heterocycles. The second-order valence-electron chi connectivity index (χ2n) is 7.15. The highest BCUT2D eigenvalue weighted by Crippen LogP contribution is 2.16. The van der Waals surface area contributed by atoms with Crippen LogP contribution in [0.3, 0.4) is 0 Å². The van der Waals surface area contributed by atoms with E-state index in [2.05, 4.69) is 5.32 Å². The molecule has 28 heavy (non-hydrogen) atoms. The minimum Gasteiger partial charge on any atom is -0.353 e. The Morgan fingerprint density at radius 2 is 1.79 bits per heavy atom. The van der Waals surface area contributed by atoms with Crippen LogP contribution in [-0.2, 0) is 26.2 Å². The lowest BCUT2D eigenvalue weighted by molar-refractivity contribution is -0.139. The summed E-state index contributed by atoms with van der Waals surface area (Å²) in [5, 5.41) is 2.85. The van der Waals surface area contributed by atoms with Crippen molar-refractivity contribution in [3.63, 3.8) is 0 Å². The van der Waals surface area contributed by atoms with Gasteiger partial charge in [-0.05, 0) is 12.5 Å². The predicted octanol–water partition coefficient (Wildman–Crippen LogP) is -0.129. The fraction of sp³-hybridized carbons (Fsp3) is 0.579. The van der Waals surface area contributed by atoms with Gasteiger partial charge >= 0.3 is 0 Å². The lowest BCUT2D eigenvalue weighted by Crippen LogP contribution is -2.57. The van der Waals surface area contributed by atoms with Crippen LogP contribution in [0.2, 0.25) is 0 Å². The van der Waals surface area contributed by atoms with Crippen molar-refractivity contribution >= 4 is 21.8 Å². The summed E-state index contributed by atoms with van der Waals surface area (Å²) in [4.78, 5) is 28.9. The Hall–Kier alpha value is -1.97. The SMILES string of the molecule is CCS(=O)(=O)N1CCN(C(=O)C[C@H]2C(=O)NCCN2Cc2ccccc2)CC1. The molecular formula is C19H28N4O4S. The van der Waals surface area contributed by atoms with Gasteiger partial charge in [-0.3, -0.25) is 14.5 Å². The Morgan fingerprint density at radius 1 is 1.11 bits per heavy atom. The van der Waals surface area contributed by atoms with Crippen molar-refractivity contribution in [1.29, 1.82) is 0 Å². The highest BCUT2D eigenvalue weighted by atomic mass is 32.2. The molecule has 0 radical (unpaired) electrons. The summed E-state index contributed by atoms with van der Waals surface area (Å²) in [7, 11) is -3.23. The number of hydrogen-bond acceptors (Lipinski definition) is 5. The first-order chi connectivity index (χ1) is 13.4. The van der Waals surface area contributed by atoms with E-state index >= 15 is 0 Å². The lowest BCUT2D eigenvalue weighted by Gasteiger charge is -2.37. The Labute approximate surface area is 166 Å². The predicted molar refractivity (Wildman–Crippen MR) is 106 cm³/mol. The fourth-order valence-electron chi connectivity index (χ4n) is 3.68. The first-order valence-electron chi connectivity index (χ1n) is 9.72. The van der Waals surface area contributed by atoms with E-state index in [1.54, 1.807) is 11.8 Å². The van der Waals surface area contributed by atoms with Gasteiger partial charge < -0.3 is 10.2 Å². The Balaban J connectivity index is 1.60. The normalized spacial score (nSPS) is 22.1. The van der Waals surface area contributed by atoms with Gasteiger partial charge in [0.2, 0.25) is 21.8 Å². The maximum Gasteiger partial charge on any atom is 0.237 e. The molecule has 8 nitrogen and oxygen atoms in total. The van der Waals surface area contributed by atoms with Gasteiger partial charge in [-0.2, -0.15) is 4.31 Å². The summed E-state index contributed by atoms with van der Waals surface area (Å²) < 4.78 is 25.4. The number of nitrogens with zero attached hydrogens (tertiary/aromatic N) is 3. The molecule has 0 aliphatic carbocycles. The van der Waals surface area contributed by atoms with E-state index in [1.807, 2.05) is 35.2 Å². The van der Waals surface area contributed by atoms with E-state index in [0.29, 0.717) is 45.8 Å². The number of amides is 2. The van der Waals surface area contributed by atoms with E-state index in [4.69, 9.17) is 0 Å². The number of carbonyl (C=O) groups is 2. The van der Waals surface area contributed by atoms with Gasteiger partial charge in [0, 0.05) is 45.8 Å². The monoisotopic (exact) mass is 408 g/mol. The van der Waals surface area contributed by atoms with Crippen LogP contribution in [0.1, 0.15) is 18.9 Å². The zero-order valence-corrected chi connectivity index (χ0v) is 17.0. The van der Waals surface area contributed by atoms with Gasteiger partial charge in [0.25, 0.3) is 0 Å². The number of sulfonamides is 1. The van der Waals surface area contributed by atoms with E-state index in [9.17, 15) is 18.0 Å². The molecule has 1 aromatic carbocycles. The third-order valence-corrected chi connectivity index (χ3v) is 7.27. The minimum atomic E-state index is -3.23. The van der Waals surface area contributed by atoms with Gasteiger partial charge in [0.1, 0.15) is 0 Å². The van der Waals surface area contributed by atoms with Crippen LogP contribution >= 0.6 is 0 Å². The van der Waals surface area contributed by atoms with E-state index < -0.39 is 16.1 Å². The number of carbonyl (C=O) groups excluding carboxylic acids is 2. The number of benzene rings is 1. The molecule has 0 spiro atoms. The number of piperazine rings is 2. The summed E-state index contributed by atoms with van der Waals surface area (Å²) in [6, 6.07) is 9.40. The minimum absolute atomic E-state index is 0.0671. The molecule has 1 atom stereocenters. The summed E-state index contributed by atoms with van der Waals surface area (Å²) in [5.74, 6) is -0.158. The van der Waals surface area contributed by atoms with Crippen molar-refractivity contribution in [2.45, 2.75) is 25.9 Å². The van der Waals surface area contributed by atoms with Crippen LogP contribution in [0, 0.1) is 0 Å². The van der Waals surface area contributed by atoms with Gasteiger partial charge in [-0.25, -0.2) is 8.42 Å². The van der Waals surface area contributed by atoms with Crippen molar-refractivity contribution < 1.29 is 18.0 Å². The topological polar surface area (TPSA) is 90.0 Å². The second-order valence-corrected chi connectivity index (χ2v) is 9.40. The molecule has 2 aliphatic rings. The molecule has 2 aliphatic heterocycles. The third kappa shape index (κ3) is 4.89. The second kappa shape index (κ2) is 9.02. The molecule has 2 fully saturated rings. The average molecular weight is 409 g/mol. The lowest BCUT2D eigenvalue weighted by atomic mass is 10.1. The van der Waals surface area contributed by atoms with Gasteiger partial charge in [0.15, 0.2) is 0 Å². The standard InChI is InChI=1S/C19H28N4O4S/c1-2-28(26,27)23-12-10-21(11-13-23)18(24)14-17-19(25)20-8-9-22(17)15-16-6-4-3-5-7-16/h3-7,17H,2,8-15H2,1H3,(H,20,25)/t17-/m0/s1. The fourth-order valence-corrected chi connectivity index (χ4v) is 4.77. The highest BCUT2D eigenvalue weighted by molar-refractivity contribution is 7.89. The van der Waals surface area contributed by atoms with Gasteiger partial charge in [-0.15, -0.1) is 0 Å². The number of nitrogens with one attached hydrogen (secondary N) is 1. The first kappa shape index (κ1) is 20.8. The van der Waals surface area contributed by atoms with Crippen LogP contribution in [0.5, 0.6) is 0 Å². The zero-order chi connectivity index (χ0) is 20.1. The molecule has 0 unspecified atom stereocenters. The molecule has 3 rings (SSSR count). The van der Waals surface area contributed by atoms with E-state index in [1.165, 1.54) is 4.31 Å². The zero-order valence-electron chi connectivity index (χ0n) is 16.2. The van der Waals surface area contributed by atoms with Crippen molar-refractivity contribution in [2.75, 3.05) is 45.0 Å². The molecule has 1 aromatic rings. The molecule has 9 heteroatoms. The smallest absolute Gasteiger partial charge is 0.237 e. The quantitative estimate of drug-likeness (QED) is 0.708. The Bertz CT molecular complexity index is 791. The summed E-state index contributed by atoms with van der Waals surface area (Å²) >= 11 is 0. The van der Waals surface area contributed by atoms with Gasteiger partial charge in [0.05, 0.1) is 18.2 Å². The first-order valence-corrected chi connectivity index (χ1v) is 11.3. The average Bonchev–Trinajstić information content (AvgIpc) is 2.71. The number of hydrogen-bond donors (Lipinski definition) is 1. The van der Waals surface area contributed by atoms with Crippen LogP contribution in [0.25, 0.3) is 0 Å². The summed E-state index contributed by atoms with van der Waals surface area (Å²) in [5.41, 5.74) is 1.10. The van der Waals surface area contributed by atoms with Crippen molar-refractivity contribution in [3.05, 3.63) is 35.9 Å². The van der Waals surface area contributed by atoms with Crippen molar-refractivity contribution in [3.8, 4) is 0 Å². The summed E-state index contributed by atoms with van der Waals surface area (Å²) in [6.45, 7) is 4.87. The van der Waals surface area contributed by atoms with Crippen LogP contribution in [-0.4, -0.2) is 85.4 Å². The summed E-state index contributed by atoms with van der Waals surface area (Å²) in [6.07, 6.45) is 0.110. The maximum atomic E-state index is 12.8. The molecule has 0 saturated carbocycles. The Kier molecular flexibility index (Phi) is 6.69. The molecule has 1 N–H and O–H groups in total. The Morgan fingerprint density at radius 3 is 2.43 bits per heavy atom. The molecule has 2 heterocycles. The van der Waals surface area contributed by atoms with Crippen LogP contribution < -0.4 is 5.32 Å². The van der Waals surface area contributed by atoms with Crippen LogP contribution in [0.4, 0.5) is 0 Å². The van der Waals surface area contributed by atoms with Crippen molar-refractivity contribution in [1.82, 2.24) is 19.4 Å². The molecular weight excluding hydrogens is 380 g/mol. The molecule has 154 valence electrons. The van der Waals surface area contributed by atoms with E-state index in [0.717, 1.165) is 5.56 Å². The third-order valence-electron chi connectivity index (χ3n) is 5.39. The number of rotatable bonds is 6. The van der Waals surface area contributed by atoms with Gasteiger partial charge in [-0.1, -0.05) is 30.3 Å². The maximum absolute atomic E-state index is 12.8. The molecule has 0 aromatic heterocycles. The largest absolute Gasteiger partial charge is 0.353 e. The van der Waals surface area contributed by atoms with Crippen molar-refractivity contribution in [2.24, 2.45) is 0 Å². The van der Waals surface area contributed by atoms with E-state index in [-0.39, 0.29) is 24.0 Å².